The van der Waals surface area contributed by atoms with Crippen LogP contribution in [0.4, 0.5) is 13.2 Å². The summed E-state index contributed by atoms with van der Waals surface area (Å²) >= 11 is 5.90. The number of hydrogen-bond acceptors (Lipinski definition) is 0. The van der Waals surface area contributed by atoms with Gasteiger partial charge in [-0.15, -0.1) is 11.6 Å². The molecule has 1 atom stereocenters. The quantitative estimate of drug-likeness (QED) is 0.699. The molecule has 20 heavy (non-hydrogen) atoms. The summed E-state index contributed by atoms with van der Waals surface area (Å²) in [5.41, 5.74) is 1.24. The molecule has 2 aromatic carbocycles. The van der Waals surface area contributed by atoms with Crippen molar-refractivity contribution in [3.8, 4) is 0 Å². The lowest BCUT2D eigenvalue weighted by atomic mass is 9.94. The Morgan fingerprint density at radius 2 is 1.65 bits per heavy atom. The maximum Gasteiger partial charge on any atom is 0.129 e. The molecule has 0 aromatic heterocycles. The van der Waals surface area contributed by atoms with Crippen LogP contribution in [0.1, 0.15) is 11.1 Å². The van der Waals surface area contributed by atoms with E-state index in [4.69, 9.17) is 11.6 Å². The minimum atomic E-state index is -0.598. The second-order valence-corrected chi connectivity index (χ2v) is 5.10. The predicted octanol–water partition coefficient (Wildman–Crippen LogP) is 4.74. The molecule has 0 fully saturated rings. The summed E-state index contributed by atoms with van der Waals surface area (Å²) in [6, 6.07) is 9.78. The van der Waals surface area contributed by atoms with Crippen LogP contribution in [0.5, 0.6) is 0 Å². The molecular formula is C16H14ClF3. The fraction of sp³-hybridized carbons (Fsp3) is 0.250. The zero-order valence-electron chi connectivity index (χ0n) is 10.8. The van der Waals surface area contributed by atoms with Crippen molar-refractivity contribution in [2.45, 2.75) is 12.8 Å². The molecule has 0 nitrogen and oxygen atoms in total. The van der Waals surface area contributed by atoms with Crippen LogP contribution in [-0.2, 0) is 12.8 Å². The number of rotatable bonds is 5. The zero-order chi connectivity index (χ0) is 14.5. The molecule has 0 heterocycles. The van der Waals surface area contributed by atoms with E-state index in [1.807, 2.05) is 6.07 Å². The topological polar surface area (TPSA) is 0 Å². The first kappa shape index (κ1) is 14.9. The van der Waals surface area contributed by atoms with Crippen LogP contribution in [0.3, 0.4) is 0 Å². The molecule has 0 saturated heterocycles. The van der Waals surface area contributed by atoms with Crippen molar-refractivity contribution in [3.63, 3.8) is 0 Å². The van der Waals surface area contributed by atoms with E-state index < -0.39 is 11.6 Å². The van der Waals surface area contributed by atoms with Crippen LogP contribution in [0, 0.1) is 23.4 Å². The molecule has 0 radical (unpaired) electrons. The summed E-state index contributed by atoms with van der Waals surface area (Å²) in [6.45, 7) is 0. The Labute approximate surface area is 121 Å². The van der Waals surface area contributed by atoms with Gasteiger partial charge in [-0.2, -0.15) is 0 Å². The van der Waals surface area contributed by atoms with Crippen molar-refractivity contribution in [2.75, 3.05) is 5.88 Å². The highest BCUT2D eigenvalue weighted by atomic mass is 35.5. The monoisotopic (exact) mass is 298 g/mol. The molecule has 0 aliphatic rings. The number of benzene rings is 2. The third kappa shape index (κ3) is 4.01. The van der Waals surface area contributed by atoms with E-state index in [9.17, 15) is 13.2 Å². The van der Waals surface area contributed by atoms with Gasteiger partial charge in [-0.1, -0.05) is 18.2 Å². The molecule has 0 N–H and O–H groups in total. The maximum absolute atomic E-state index is 13.6. The van der Waals surface area contributed by atoms with Crippen molar-refractivity contribution in [2.24, 2.45) is 5.92 Å². The molecule has 0 spiro atoms. The first-order valence-corrected chi connectivity index (χ1v) is 6.86. The molecule has 2 aromatic rings. The van der Waals surface area contributed by atoms with Gasteiger partial charge in [0.25, 0.3) is 0 Å². The Morgan fingerprint density at radius 1 is 0.900 bits per heavy atom. The van der Waals surface area contributed by atoms with Gasteiger partial charge in [0.15, 0.2) is 0 Å². The van der Waals surface area contributed by atoms with Crippen LogP contribution < -0.4 is 0 Å². The molecule has 1 unspecified atom stereocenters. The summed E-state index contributed by atoms with van der Waals surface area (Å²) in [6.07, 6.45) is 0.949. The van der Waals surface area contributed by atoms with E-state index in [-0.39, 0.29) is 11.7 Å². The van der Waals surface area contributed by atoms with Gasteiger partial charge in [-0.25, -0.2) is 13.2 Å². The van der Waals surface area contributed by atoms with Gasteiger partial charge in [0, 0.05) is 11.9 Å². The summed E-state index contributed by atoms with van der Waals surface area (Å²) < 4.78 is 39.6. The fourth-order valence-corrected chi connectivity index (χ4v) is 2.39. The average molecular weight is 299 g/mol. The van der Waals surface area contributed by atoms with Crippen molar-refractivity contribution in [3.05, 3.63) is 71.0 Å². The third-order valence-corrected chi connectivity index (χ3v) is 3.59. The third-order valence-electron chi connectivity index (χ3n) is 3.16. The van der Waals surface area contributed by atoms with Gasteiger partial charge in [-0.3, -0.25) is 0 Å². The molecule has 0 aliphatic heterocycles. The molecule has 0 bridgehead atoms. The molecule has 4 heteroatoms. The molecule has 0 saturated carbocycles. The van der Waals surface area contributed by atoms with Gasteiger partial charge in [0.05, 0.1) is 0 Å². The minimum absolute atomic E-state index is 0.0292. The molecule has 106 valence electrons. The number of alkyl halides is 1. The van der Waals surface area contributed by atoms with Crippen molar-refractivity contribution in [1.82, 2.24) is 0 Å². The van der Waals surface area contributed by atoms with E-state index >= 15 is 0 Å². The highest BCUT2D eigenvalue weighted by molar-refractivity contribution is 6.18. The Kier molecular flexibility index (Phi) is 5.07. The van der Waals surface area contributed by atoms with E-state index in [1.165, 1.54) is 24.3 Å². The van der Waals surface area contributed by atoms with Gasteiger partial charge in [-0.05, 0) is 48.1 Å². The van der Waals surface area contributed by atoms with Crippen molar-refractivity contribution < 1.29 is 13.2 Å². The molecular weight excluding hydrogens is 285 g/mol. The average Bonchev–Trinajstić information content (AvgIpc) is 2.41. The van der Waals surface area contributed by atoms with E-state index in [2.05, 4.69) is 0 Å². The van der Waals surface area contributed by atoms with Crippen LogP contribution >= 0.6 is 11.6 Å². The van der Waals surface area contributed by atoms with Gasteiger partial charge >= 0.3 is 0 Å². The molecule has 0 aliphatic carbocycles. The van der Waals surface area contributed by atoms with Crippen molar-refractivity contribution >= 4 is 11.6 Å². The van der Waals surface area contributed by atoms with Crippen molar-refractivity contribution in [1.29, 1.82) is 0 Å². The largest absolute Gasteiger partial charge is 0.207 e. The number of hydrogen-bond donors (Lipinski definition) is 0. The Balaban J connectivity index is 2.09. The lowest BCUT2D eigenvalue weighted by Gasteiger charge is -2.14. The smallest absolute Gasteiger partial charge is 0.129 e. The second-order valence-electron chi connectivity index (χ2n) is 4.79. The molecule has 0 amide bonds. The van der Waals surface area contributed by atoms with E-state index in [1.54, 1.807) is 6.07 Å². The summed E-state index contributed by atoms with van der Waals surface area (Å²) in [7, 11) is 0. The standard InChI is InChI=1S/C16H14ClF3/c17-10-12(6-11-2-1-3-14(18)8-11)7-13-4-5-15(19)9-16(13)20/h1-5,8-9,12H,6-7,10H2. The summed E-state index contributed by atoms with van der Waals surface area (Å²) in [4.78, 5) is 0. The minimum Gasteiger partial charge on any atom is -0.207 e. The van der Waals surface area contributed by atoms with Gasteiger partial charge < -0.3 is 0 Å². The molecule has 2 rings (SSSR count). The van der Waals surface area contributed by atoms with Gasteiger partial charge in [0.1, 0.15) is 17.5 Å². The summed E-state index contributed by atoms with van der Waals surface area (Å²) in [5.74, 6) is -1.17. The zero-order valence-corrected chi connectivity index (χ0v) is 11.5. The lowest BCUT2D eigenvalue weighted by molar-refractivity contribution is 0.532. The second kappa shape index (κ2) is 6.80. The fourth-order valence-electron chi connectivity index (χ4n) is 2.18. The van der Waals surface area contributed by atoms with Crippen LogP contribution in [-0.4, -0.2) is 5.88 Å². The van der Waals surface area contributed by atoms with Crippen LogP contribution in [0.25, 0.3) is 0 Å². The SMILES string of the molecule is Fc1cccc(CC(CCl)Cc2ccc(F)cc2F)c1. The van der Waals surface area contributed by atoms with Gasteiger partial charge in [0.2, 0.25) is 0 Å². The number of halogens is 4. The van der Waals surface area contributed by atoms with Crippen LogP contribution in [0.15, 0.2) is 42.5 Å². The Bertz CT molecular complexity index is 584. The first-order valence-electron chi connectivity index (χ1n) is 6.33. The first-order chi connectivity index (χ1) is 9.58. The van der Waals surface area contributed by atoms with Crippen LogP contribution in [0.2, 0.25) is 0 Å². The normalized spacial score (nSPS) is 12.4. The maximum atomic E-state index is 13.6. The Hall–Kier alpha value is -1.48. The lowest BCUT2D eigenvalue weighted by Crippen LogP contribution is -2.11. The Morgan fingerprint density at radius 3 is 2.30 bits per heavy atom. The highest BCUT2D eigenvalue weighted by Crippen LogP contribution is 2.19. The highest BCUT2D eigenvalue weighted by Gasteiger charge is 2.13. The summed E-state index contributed by atoms with van der Waals surface area (Å²) in [5, 5.41) is 0. The van der Waals surface area contributed by atoms with E-state index in [0.29, 0.717) is 24.3 Å². The van der Waals surface area contributed by atoms with E-state index in [0.717, 1.165) is 11.6 Å². The predicted molar refractivity (Wildman–Crippen MR) is 74.4 cm³/mol.